The highest BCUT2D eigenvalue weighted by Gasteiger charge is 2.12. The van der Waals surface area contributed by atoms with Crippen LogP contribution in [-0.2, 0) is 22.7 Å². The van der Waals surface area contributed by atoms with E-state index in [0.29, 0.717) is 19.5 Å². The van der Waals surface area contributed by atoms with E-state index < -0.39 is 12.1 Å². The van der Waals surface area contributed by atoms with Crippen molar-refractivity contribution < 1.29 is 14.3 Å². The van der Waals surface area contributed by atoms with Crippen LogP contribution in [0.1, 0.15) is 29.7 Å². The first kappa shape index (κ1) is 19.9. The molecule has 0 unspecified atom stereocenters. The SMILES string of the molecule is N[C@@H](CCCCNC(=O)OCc1ccccc1)C(=O)NCc1cccs1. The third-order valence-electron chi connectivity index (χ3n) is 3.78. The monoisotopic (exact) mass is 375 g/mol. The molecule has 26 heavy (non-hydrogen) atoms. The van der Waals surface area contributed by atoms with Crippen LogP contribution in [0.15, 0.2) is 47.8 Å². The molecule has 0 aliphatic carbocycles. The summed E-state index contributed by atoms with van der Waals surface area (Å²) >= 11 is 1.60. The minimum Gasteiger partial charge on any atom is -0.445 e. The van der Waals surface area contributed by atoms with Crippen molar-refractivity contribution in [3.8, 4) is 0 Å². The molecule has 0 aliphatic heterocycles. The summed E-state index contributed by atoms with van der Waals surface area (Å²) in [4.78, 5) is 24.6. The Kier molecular flexibility index (Phi) is 8.65. The van der Waals surface area contributed by atoms with Crippen LogP contribution in [0.2, 0.25) is 0 Å². The van der Waals surface area contributed by atoms with Crippen LogP contribution in [0.5, 0.6) is 0 Å². The zero-order chi connectivity index (χ0) is 18.6. The Bertz CT molecular complexity index is 662. The van der Waals surface area contributed by atoms with E-state index in [0.717, 1.165) is 23.3 Å². The van der Waals surface area contributed by atoms with Gasteiger partial charge in [0.25, 0.3) is 0 Å². The van der Waals surface area contributed by atoms with Gasteiger partial charge in [-0.05, 0) is 36.3 Å². The minimum absolute atomic E-state index is 0.145. The Labute approximate surface area is 157 Å². The van der Waals surface area contributed by atoms with E-state index in [1.165, 1.54) is 0 Å². The van der Waals surface area contributed by atoms with Gasteiger partial charge >= 0.3 is 6.09 Å². The molecule has 0 radical (unpaired) electrons. The van der Waals surface area contributed by atoms with Crippen LogP contribution in [0.4, 0.5) is 4.79 Å². The molecule has 0 saturated heterocycles. The van der Waals surface area contributed by atoms with Crippen molar-refractivity contribution in [1.29, 1.82) is 0 Å². The number of unbranched alkanes of at least 4 members (excludes halogenated alkanes) is 1. The maximum Gasteiger partial charge on any atom is 0.407 e. The number of nitrogens with two attached hydrogens (primary N) is 1. The summed E-state index contributed by atoms with van der Waals surface area (Å²) in [5.74, 6) is -0.145. The number of hydrogen-bond donors (Lipinski definition) is 3. The molecule has 140 valence electrons. The first-order chi connectivity index (χ1) is 12.6. The van der Waals surface area contributed by atoms with E-state index in [-0.39, 0.29) is 12.5 Å². The predicted molar refractivity (Wildman–Crippen MR) is 103 cm³/mol. The molecule has 1 heterocycles. The number of ether oxygens (including phenoxy) is 1. The second kappa shape index (κ2) is 11.3. The summed E-state index contributed by atoms with van der Waals surface area (Å²) < 4.78 is 5.12. The summed E-state index contributed by atoms with van der Waals surface area (Å²) in [6.07, 6.45) is 1.64. The average molecular weight is 375 g/mol. The Balaban J connectivity index is 1.49. The predicted octanol–water partition coefficient (Wildman–Crippen LogP) is 2.79. The lowest BCUT2D eigenvalue weighted by atomic mass is 10.1. The third kappa shape index (κ3) is 7.67. The summed E-state index contributed by atoms with van der Waals surface area (Å²) in [6, 6.07) is 12.9. The van der Waals surface area contributed by atoms with E-state index in [9.17, 15) is 9.59 Å². The fourth-order valence-corrected chi connectivity index (χ4v) is 2.95. The average Bonchev–Trinajstić information content (AvgIpc) is 3.18. The van der Waals surface area contributed by atoms with Gasteiger partial charge in [-0.25, -0.2) is 4.79 Å². The van der Waals surface area contributed by atoms with Crippen molar-refractivity contribution in [2.75, 3.05) is 6.54 Å². The van der Waals surface area contributed by atoms with E-state index in [2.05, 4.69) is 10.6 Å². The van der Waals surface area contributed by atoms with Gasteiger partial charge in [-0.2, -0.15) is 0 Å². The highest BCUT2D eigenvalue weighted by Crippen LogP contribution is 2.08. The second-order valence-electron chi connectivity index (χ2n) is 5.89. The van der Waals surface area contributed by atoms with Gasteiger partial charge in [0, 0.05) is 11.4 Å². The van der Waals surface area contributed by atoms with Gasteiger partial charge in [0.05, 0.1) is 12.6 Å². The number of benzene rings is 1. The number of carbonyl (C=O) groups is 2. The van der Waals surface area contributed by atoms with Gasteiger partial charge < -0.3 is 21.1 Å². The van der Waals surface area contributed by atoms with E-state index in [1.807, 2.05) is 47.8 Å². The van der Waals surface area contributed by atoms with Crippen molar-refractivity contribution in [3.63, 3.8) is 0 Å². The molecule has 4 N–H and O–H groups in total. The summed E-state index contributed by atoms with van der Waals surface area (Å²) in [7, 11) is 0. The molecule has 6 nitrogen and oxygen atoms in total. The molecule has 2 amide bonds. The Morgan fingerprint density at radius 2 is 1.88 bits per heavy atom. The fourth-order valence-electron chi connectivity index (χ4n) is 2.30. The minimum atomic E-state index is -0.528. The number of amides is 2. The number of nitrogens with one attached hydrogen (secondary N) is 2. The van der Waals surface area contributed by atoms with Crippen molar-refractivity contribution in [3.05, 3.63) is 58.3 Å². The molecule has 7 heteroatoms. The molecule has 1 atom stereocenters. The van der Waals surface area contributed by atoms with Crippen molar-refractivity contribution >= 4 is 23.3 Å². The molecule has 0 saturated carbocycles. The Morgan fingerprint density at radius 3 is 2.62 bits per heavy atom. The van der Waals surface area contributed by atoms with Crippen LogP contribution in [0, 0.1) is 0 Å². The lowest BCUT2D eigenvalue weighted by Crippen LogP contribution is -2.40. The molecular weight excluding hydrogens is 350 g/mol. The molecule has 0 bridgehead atoms. The molecular formula is C19H25N3O3S. The first-order valence-electron chi connectivity index (χ1n) is 8.65. The molecule has 1 aromatic carbocycles. The van der Waals surface area contributed by atoms with Crippen LogP contribution in [0.3, 0.4) is 0 Å². The summed E-state index contributed by atoms with van der Waals surface area (Å²) in [5.41, 5.74) is 6.84. The molecule has 0 fully saturated rings. The van der Waals surface area contributed by atoms with Crippen molar-refractivity contribution in [1.82, 2.24) is 10.6 Å². The largest absolute Gasteiger partial charge is 0.445 e. The zero-order valence-corrected chi connectivity index (χ0v) is 15.5. The standard InChI is InChI=1S/C19H25N3O3S/c20-17(18(23)22-13-16-9-6-12-26-16)10-4-5-11-21-19(24)25-14-15-7-2-1-3-8-15/h1-3,6-9,12,17H,4-5,10-11,13-14,20H2,(H,21,24)(H,22,23)/t17-/m0/s1. The van der Waals surface area contributed by atoms with E-state index in [1.54, 1.807) is 11.3 Å². The second-order valence-corrected chi connectivity index (χ2v) is 6.92. The normalized spacial score (nSPS) is 11.6. The van der Waals surface area contributed by atoms with Gasteiger partial charge in [0.1, 0.15) is 6.61 Å². The van der Waals surface area contributed by atoms with Gasteiger partial charge in [0.15, 0.2) is 0 Å². The van der Waals surface area contributed by atoms with Crippen LogP contribution < -0.4 is 16.4 Å². The van der Waals surface area contributed by atoms with Crippen LogP contribution >= 0.6 is 11.3 Å². The molecule has 2 rings (SSSR count). The van der Waals surface area contributed by atoms with Gasteiger partial charge in [-0.1, -0.05) is 36.4 Å². The molecule has 2 aromatic rings. The van der Waals surface area contributed by atoms with Crippen LogP contribution in [0.25, 0.3) is 0 Å². The third-order valence-corrected chi connectivity index (χ3v) is 4.65. The fraction of sp³-hybridized carbons (Fsp3) is 0.368. The maximum absolute atomic E-state index is 11.9. The van der Waals surface area contributed by atoms with Crippen molar-refractivity contribution in [2.45, 2.75) is 38.5 Å². The lowest BCUT2D eigenvalue weighted by molar-refractivity contribution is -0.122. The number of hydrogen-bond acceptors (Lipinski definition) is 5. The summed E-state index contributed by atoms with van der Waals surface area (Å²) in [5, 5.41) is 7.50. The lowest BCUT2D eigenvalue weighted by Gasteiger charge is -2.12. The van der Waals surface area contributed by atoms with Gasteiger partial charge in [-0.15, -0.1) is 11.3 Å². The molecule has 1 aromatic heterocycles. The molecule has 0 aliphatic rings. The van der Waals surface area contributed by atoms with E-state index >= 15 is 0 Å². The smallest absolute Gasteiger partial charge is 0.407 e. The van der Waals surface area contributed by atoms with Gasteiger partial charge in [0.2, 0.25) is 5.91 Å². The number of carbonyl (C=O) groups excluding carboxylic acids is 2. The topological polar surface area (TPSA) is 93.4 Å². The molecule has 0 spiro atoms. The first-order valence-corrected chi connectivity index (χ1v) is 9.53. The van der Waals surface area contributed by atoms with Gasteiger partial charge in [-0.3, -0.25) is 4.79 Å². The quantitative estimate of drug-likeness (QED) is 0.557. The number of rotatable bonds is 10. The Morgan fingerprint density at radius 1 is 1.08 bits per heavy atom. The number of thiophene rings is 1. The zero-order valence-electron chi connectivity index (χ0n) is 14.6. The van der Waals surface area contributed by atoms with E-state index in [4.69, 9.17) is 10.5 Å². The highest BCUT2D eigenvalue weighted by atomic mass is 32.1. The van der Waals surface area contributed by atoms with Crippen molar-refractivity contribution in [2.24, 2.45) is 5.73 Å². The van der Waals surface area contributed by atoms with Crippen LogP contribution in [-0.4, -0.2) is 24.6 Å². The Hall–Kier alpha value is -2.38. The highest BCUT2D eigenvalue weighted by molar-refractivity contribution is 7.09. The number of alkyl carbamates (subject to hydrolysis) is 1. The summed E-state index contributed by atoms with van der Waals surface area (Å²) in [6.45, 7) is 1.26. The maximum atomic E-state index is 11.9.